The zero-order chi connectivity index (χ0) is 22.9. The van der Waals surface area contributed by atoms with Crippen molar-refractivity contribution in [1.82, 2.24) is 15.0 Å². The second kappa shape index (κ2) is 8.39. The largest absolute Gasteiger partial charge is 0.361 e. The number of anilines is 2. The Bertz CT molecular complexity index is 1550. The number of nitriles is 1. The molecule has 3 aromatic heterocycles. The summed E-state index contributed by atoms with van der Waals surface area (Å²) in [6.07, 6.45) is 3.49. The predicted octanol–water partition coefficient (Wildman–Crippen LogP) is 5.69. The Morgan fingerprint density at radius 1 is 1.21 bits per heavy atom. The van der Waals surface area contributed by atoms with E-state index >= 15 is 0 Å². The van der Waals surface area contributed by atoms with Gasteiger partial charge in [-0.1, -0.05) is 12.1 Å². The predicted molar refractivity (Wildman–Crippen MR) is 130 cm³/mol. The fourth-order valence-corrected chi connectivity index (χ4v) is 4.70. The van der Waals surface area contributed by atoms with Crippen molar-refractivity contribution in [1.29, 1.82) is 5.26 Å². The zero-order valence-corrected chi connectivity index (χ0v) is 18.7. The topological polar surface area (TPSA) is 94.0 Å². The van der Waals surface area contributed by atoms with Gasteiger partial charge < -0.3 is 10.3 Å². The maximum Gasteiger partial charge on any atom is 0.277 e. The van der Waals surface area contributed by atoms with Gasteiger partial charge in [0.2, 0.25) is 0 Å². The van der Waals surface area contributed by atoms with E-state index in [1.807, 2.05) is 54.7 Å². The Morgan fingerprint density at radius 2 is 2.09 bits per heavy atom. The second-order valence-electron chi connectivity index (χ2n) is 7.46. The molecule has 162 valence electrons. The van der Waals surface area contributed by atoms with Gasteiger partial charge >= 0.3 is 0 Å². The van der Waals surface area contributed by atoms with Crippen LogP contribution in [0.15, 0.2) is 67.0 Å². The van der Waals surface area contributed by atoms with Crippen LogP contribution >= 0.6 is 11.3 Å². The molecule has 8 heteroatoms. The molecule has 2 N–H and O–H groups in total. The number of hydroxylamine groups is 2. The van der Waals surface area contributed by atoms with Crippen molar-refractivity contribution in [3.8, 4) is 16.5 Å². The maximum absolute atomic E-state index is 12.5. The highest BCUT2D eigenvalue weighted by atomic mass is 32.1. The van der Waals surface area contributed by atoms with Gasteiger partial charge in [-0.05, 0) is 48.0 Å². The number of fused-ring (bicyclic) bond motifs is 2. The Balaban J connectivity index is 1.57. The Morgan fingerprint density at radius 3 is 2.91 bits per heavy atom. The summed E-state index contributed by atoms with van der Waals surface area (Å²) in [5, 5.41) is 16.2. The number of carbonyl (C=O) groups excluding carboxylic acids is 1. The van der Waals surface area contributed by atoms with Crippen molar-refractivity contribution in [2.45, 2.75) is 0 Å². The number of aromatic amines is 1. The van der Waals surface area contributed by atoms with E-state index in [0.717, 1.165) is 37.2 Å². The lowest BCUT2D eigenvalue weighted by atomic mass is 10.1. The van der Waals surface area contributed by atoms with Crippen LogP contribution in [-0.4, -0.2) is 35.1 Å². The standard InChI is InChI=1S/C25H19N5O2S/c1-30(32-2)25(31)17-5-3-4-16(10-17)22-12-20-23(18(13-26)14-28-24(20)33-22)29-19-6-7-21-15(11-19)8-9-27-21/h3-12,14,27H,1-2H3,(H,28,29). The molecule has 0 aliphatic rings. The third-order valence-corrected chi connectivity index (χ3v) is 6.55. The van der Waals surface area contributed by atoms with Crippen LogP contribution in [0.2, 0.25) is 0 Å². The van der Waals surface area contributed by atoms with Crippen LogP contribution < -0.4 is 5.32 Å². The Hall–Kier alpha value is -4.19. The summed E-state index contributed by atoms with van der Waals surface area (Å²) in [5.74, 6) is -0.229. The highest BCUT2D eigenvalue weighted by Crippen LogP contribution is 2.38. The molecule has 0 saturated heterocycles. The first-order chi connectivity index (χ1) is 16.1. The number of aromatic nitrogens is 2. The third-order valence-electron chi connectivity index (χ3n) is 5.46. The minimum atomic E-state index is -0.229. The van der Waals surface area contributed by atoms with Crippen LogP contribution in [-0.2, 0) is 4.84 Å². The normalized spacial score (nSPS) is 10.9. The molecule has 0 bridgehead atoms. The fraction of sp³-hybridized carbons (Fsp3) is 0.0800. The van der Waals surface area contributed by atoms with Crippen LogP contribution in [0.3, 0.4) is 0 Å². The van der Waals surface area contributed by atoms with Crippen LogP contribution in [0.25, 0.3) is 31.6 Å². The van der Waals surface area contributed by atoms with E-state index < -0.39 is 0 Å². The first-order valence-electron chi connectivity index (χ1n) is 10.2. The summed E-state index contributed by atoms with van der Waals surface area (Å²) < 4.78 is 0. The van der Waals surface area contributed by atoms with E-state index in [2.05, 4.69) is 21.4 Å². The number of rotatable bonds is 5. The summed E-state index contributed by atoms with van der Waals surface area (Å²) in [6, 6.07) is 19.6. The highest BCUT2D eigenvalue weighted by Gasteiger charge is 2.16. The molecule has 0 aliphatic carbocycles. The summed E-state index contributed by atoms with van der Waals surface area (Å²) in [4.78, 5) is 26.9. The number of nitrogens with zero attached hydrogens (tertiary/aromatic N) is 3. The lowest BCUT2D eigenvalue weighted by Gasteiger charge is -2.13. The highest BCUT2D eigenvalue weighted by molar-refractivity contribution is 7.22. The van der Waals surface area contributed by atoms with Crippen LogP contribution in [0.5, 0.6) is 0 Å². The molecule has 0 saturated carbocycles. The molecule has 5 aromatic rings. The number of carbonyl (C=O) groups is 1. The van der Waals surface area contributed by atoms with Crippen molar-refractivity contribution in [2.24, 2.45) is 0 Å². The van der Waals surface area contributed by atoms with Gasteiger partial charge in [-0.15, -0.1) is 11.3 Å². The number of hydrogen-bond acceptors (Lipinski definition) is 6. The lowest BCUT2D eigenvalue weighted by Crippen LogP contribution is -2.25. The monoisotopic (exact) mass is 453 g/mol. The number of thiophene rings is 1. The third kappa shape index (κ3) is 3.80. The van der Waals surface area contributed by atoms with Crippen molar-refractivity contribution in [2.75, 3.05) is 19.5 Å². The molecule has 0 fully saturated rings. The van der Waals surface area contributed by atoms with Crippen molar-refractivity contribution >= 4 is 49.7 Å². The van der Waals surface area contributed by atoms with E-state index in [9.17, 15) is 10.1 Å². The first kappa shape index (κ1) is 20.7. The zero-order valence-electron chi connectivity index (χ0n) is 17.9. The molecule has 0 unspecified atom stereocenters. The second-order valence-corrected chi connectivity index (χ2v) is 8.49. The first-order valence-corrected chi connectivity index (χ1v) is 11.0. The van der Waals surface area contributed by atoms with Gasteiger partial charge in [0, 0.05) is 51.9 Å². The van der Waals surface area contributed by atoms with Crippen molar-refractivity contribution < 1.29 is 9.63 Å². The number of H-pyrrole nitrogens is 1. The van der Waals surface area contributed by atoms with Gasteiger partial charge in [-0.3, -0.25) is 9.63 Å². The van der Waals surface area contributed by atoms with E-state index in [1.165, 1.54) is 23.5 Å². The van der Waals surface area contributed by atoms with Gasteiger partial charge in [-0.2, -0.15) is 5.26 Å². The number of hydrogen-bond donors (Lipinski definition) is 2. The molecule has 0 atom stereocenters. The molecule has 1 amide bonds. The summed E-state index contributed by atoms with van der Waals surface area (Å²) in [5.41, 5.74) is 4.53. The van der Waals surface area contributed by atoms with Crippen LogP contribution in [0.4, 0.5) is 11.4 Å². The van der Waals surface area contributed by atoms with Gasteiger partial charge in [0.05, 0.1) is 18.4 Å². The molecule has 0 aliphatic heterocycles. The molecular formula is C25H19N5O2S. The number of nitrogens with one attached hydrogen (secondary N) is 2. The minimum Gasteiger partial charge on any atom is -0.361 e. The van der Waals surface area contributed by atoms with Gasteiger partial charge in [-0.25, -0.2) is 10.0 Å². The Labute approximate surface area is 193 Å². The molecule has 3 heterocycles. The lowest BCUT2D eigenvalue weighted by molar-refractivity contribution is -0.0756. The van der Waals surface area contributed by atoms with E-state index in [0.29, 0.717) is 16.8 Å². The van der Waals surface area contributed by atoms with Gasteiger partial charge in [0.25, 0.3) is 5.91 Å². The minimum absolute atomic E-state index is 0.229. The summed E-state index contributed by atoms with van der Waals surface area (Å²) >= 11 is 1.51. The van der Waals surface area contributed by atoms with E-state index in [1.54, 1.807) is 19.3 Å². The SMILES string of the molecule is CON(C)C(=O)c1cccc(-c2cc3c(Nc4ccc5[nH]ccc5c4)c(C#N)cnc3s2)c1. The summed E-state index contributed by atoms with van der Waals surface area (Å²) in [7, 11) is 3.03. The number of benzene rings is 2. The quantitative estimate of drug-likeness (QED) is 0.333. The van der Waals surface area contributed by atoms with Gasteiger partial charge in [0.15, 0.2) is 0 Å². The molecule has 0 radical (unpaired) electrons. The average Bonchev–Trinajstić information content (AvgIpc) is 3.50. The molecule has 33 heavy (non-hydrogen) atoms. The Kier molecular flexibility index (Phi) is 5.26. The summed E-state index contributed by atoms with van der Waals surface area (Å²) in [6.45, 7) is 0. The van der Waals surface area contributed by atoms with Crippen LogP contribution in [0.1, 0.15) is 15.9 Å². The van der Waals surface area contributed by atoms with Crippen molar-refractivity contribution in [3.63, 3.8) is 0 Å². The molecular weight excluding hydrogens is 434 g/mol. The number of pyridine rings is 1. The van der Waals surface area contributed by atoms with Crippen molar-refractivity contribution in [3.05, 3.63) is 78.1 Å². The maximum atomic E-state index is 12.5. The average molecular weight is 454 g/mol. The van der Waals surface area contributed by atoms with Crippen LogP contribution in [0, 0.1) is 11.3 Å². The van der Waals surface area contributed by atoms with E-state index in [4.69, 9.17) is 4.84 Å². The molecule has 2 aromatic carbocycles. The smallest absolute Gasteiger partial charge is 0.277 e. The number of amides is 1. The fourth-order valence-electron chi connectivity index (χ4n) is 3.70. The molecule has 5 rings (SSSR count). The van der Waals surface area contributed by atoms with Gasteiger partial charge in [0.1, 0.15) is 10.9 Å². The molecule has 0 spiro atoms. The molecule has 7 nitrogen and oxygen atoms in total. The van der Waals surface area contributed by atoms with E-state index in [-0.39, 0.29) is 5.91 Å².